The number of terminal acetylenes is 1. The summed E-state index contributed by atoms with van der Waals surface area (Å²) in [5.74, 6) is 9.70. The highest BCUT2D eigenvalue weighted by Gasteiger charge is 2.14. The molecule has 0 unspecified atom stereocenters. The molecule has 2 aliphatic rings. The van der Waals surface area contributed by atoms with Crippen LogP contribution in [0.15, 0.2) is 16.9 Å². The summed E-state index contributed by atoms with van der Waals surface area (Å²) in [6, 6.07) is 0. The normalized spacial score (nSPS) is 15.0. The van der Waals surface area contributed by atoms with Crippen molar-refractivity contribution in [3.8, 4) is 24.2 Å². The number of nitrogens with zero attached hydrogens (tertiary/aromatic N) is 6. The van der Waals surface area contributed by atoms with Crippen molar-refractivity contribution in [3.63, 3.8) is 0 Å². The first-order valence-electron chi connectivity index (χ1n) is 16.0. The second kappa shape index (κ2) is 24.8. The number of hydrogen-bond donors (Lipinski definition) is 2. The SMILES string of the molecule is C#CC(OCC)OCC.CCOC(C#Cc1cnc(Cl)nc1NN1CCCCC1)OCC.Clc1ncc(Br)c(NN2CCCCC2)n1. The van der Waals surface area contributed by atoms with Crippen molar-refractivity contribution in [2.75, 3.05) is 63.5 Å². The molecule has 0 spiro atoms. The number of ether oxygens (including phenoxy) is 4. The Morgan fingerprint density at radius 1 is 0.745 bits per heavy atom. The van der Waals surface area contributed by atoms with E-state index in [1.165, 1.54) is 38.5 Å². The minimum Gasteiger partial charge on any atom is -0.342 e. The van der Waals surface area contributed by atoms with E-state index in [1.54, 1.807) is 12.4 Å². The van der Waals surface area contributed by atoms with Crippen LogP contribution < -0.4 is 10.9 Å². The highest BCUT2D eigenvalue weighted by atomic mass is 79.9. The molecular weight excluding hydrogens is 711 g/mol. The quantitative estimate of drug-likeness (QED) is 0.141. The van der Waals surface area contributed by atoms with Gasteiger partial charge in [0.1, 0.15) is 0 Å². The van der Waals surface area contributed by atoms with Crippen molar-refractivity contribution in [2.24, 2.45) is 0 Å². The number of hydrogen-bond acceptors (Lipinski definition) is 12. The Morgan fingerprint density at radius 2 is 1.19 bits per heavy atom. The summed E-state index contributed by atoms with van der Waals surface area (Å²) >= 11 is 15.0. The molecule has 0 atom stereocenters. The first-order chi connectivity index (χ1) is 22.8. The molecule has 2 saturated heterocycles. The van der Waals surface area contributed by atoms with Crippen molar-refractivity contribution in [1.82, 2.24) is 30.0 Å². The second-order valence-corrected chi connectivity index (χ2v) is 11.5. The van der Waals surface area contributed by atoms with Gasteiger partial charge < -0.3 is 29.8 Å². The molecule has 0 bridgehead atoms. The van der Waals surface area contributed by atoms with Gasteiger partial charge in [0.2, 0.25) is 23.1 Å². The molecule has 2 aromatic heterocycles. The van der Waals surface area contributed by atoms with Crippen molar-refractivity contribution in [2.45, 2.75) is 78.8 Å². The maximum absolute atomic E-state index is 5.92. The van der Waals surface area contributed by atoms with Crippen LogP contribution in [0.4, 0.5) is 11.6 Å². The summed E-state index contributed by atoms with van der Waals surface area (Å²) in [6.45, 7) is 13.9. The van der Waals surface area contributed by atoms with Gasteiger partial charge in [0.25, 0.3) is 0 Å². The van der Waals surface area contributed by atoms with Gasteiger partial charge in [-0.15, -0.1) is 6.42 Å². The fraction of sp³-hybridized carbons (Fsp3) is 0.625. The molecule has 0 aromatic carbocycles. The van der Waals surface area contributed by atoms with Gasteiger partial charge >= 0.3 is 0 Å². The van der Waals surface area contributed by atoms with E-state index in [9.17, 15) is 0 Å². The van der Waals surface area contributed by atoms with E-state index in [2.05, 4.69) is 74.5 Å². The van der Waals surface area contributed by atoms with Crippen LogP contribution in [0, 0.1) is 24.2 Å². The average Bonchev–Trinajstić information content (AvgIpc) is 3.07. The Kier molecular flexibility index (Phi) is 21.6. The zero-order valence-electron chi connectivity index (χ0n) is 27.7. The van der Waals surface area contributed by atoms with Crippen LogP contribution in [0.3, 0.4) is 0 Å². The predicted octanol–water partition coefficient (Wildman–Crippen LogP) is 6.42. The standard InChI is InChI=1S/C16H23ClN4O2.C9H12BrClN4.C7H12O2/c1-3-22-14(23-4-2)9-8-13-12-18-16(17)19-15(13)20-21-10-6-5-7-11-21;10-7-6-12-9(11)13-8(7)14-15-4-2-1-3-5-15;1-4-7(8-5-2)9-6-3/h12,14H,3-7,10-11H2,1-2H3,(H,18,19,20);6H,1-5H2,(H,12,13,14);1,7H,5-6H2,2-3H3. The molecule has 2 fully saturated rings. The van der Waals surface area contributed by atoms with Gasteiger partial charge in [0.15, 0.2) is 11.6 Å². The molecule has 0 radical (unpaired) electrons. The molecule has 47 heavy (non-hydrogen) atoms. The van der Waals surface area contributed by atoms with Gasteiger partial charge in [-0.3, -0.25) is 0 Å². The number of nitrogens with one attached hydrogen (secondary N) is 2. The van der Waals surface area contributed by atoms with Gasteiger partial charge in [0, 0.05) is 65.0 Å². The summed E-state index contributed by atoms with van der Waals surface area (Å²) in [7, 11) is 0. The molecule has 260 valence electrons. The van der Waals surface area contributed by atoms with Crippen LogP contribution in [0.5, 0.6) is 0 Å². The summed E-state index contributed by atoms with van der Waals surface area (Å²) in [5.41, 5.74) is 7.20. The third-order valence-electron chi connectivity index (χ3n) is 6.45. The number of anilines is 2. The first kappa shape index (κ1) is 40.9. The van der Waals surface area contributed by atoms with Crippen molar-refractivity contribution >= 4 is 50.8 Å². The van der Waals surface area contributed by atoms with E-state index in [0.29, 0.717) is 37.8 Å². The van der Waals surface area contributed by atoms with E-state index >= 15 is 0 Å². The minimum absolute atomic E-state index is 0.196. The summed E-state index contributed by atoms with van der Waals surface area (Å²) in [6.07, 6.45) is 14.7. The van der Waals surface area contributed by atoms with Gasteiger partial charge in [-0.1, -0.05) is 18.8 Å². The maximum Gasteiger partial charge on any atom is 0.224 e. The van der Waals surface area contributed by atoms with Gasteiger partial charge in [-0.2, -0.15) is 9.97 Å². The number of hydrazine groups is 2. The Hall–Kier alpha value is -2.30. The lowest BCUT2D eigenvalue weighted by Crippen LogP contribution is -2.35. The lowest BCUT2D eigenvalue weighted by atomic mass is 10.2. The second-order valence-electron chi connectivity index (χ2n) is 9.98. The van der Waals surface area contributed by atoms with Crippen LogP contribution in [-0.2, 0) is 18.9 Å². The number of halogens is 3. The molecule has 0 aliphatic carbocycles. The van der Waals surface area contributed by atoms with Crippen LogP contribution in [-0.4, -0.2) is 95.1 Å². The fourth-order valence-electron chi connectivity index (χ4n) is 4.29. The maximum atomic E-state index is 5.92. The van der Waals surface area contributed by atoms with Crippen molar-refractivity contribution in [3.05, 3.63) is 33.0 Å². The Balaban J connectivity index is 0.000000274. The predicted molar refractivity (Wildman–Crippen MR) is 190 cm³/mol. The van der Waals surface area contributed by atoms with Crippen LogP contribution in [0.25, 0.3) is 0 Å². The van der Waals surface area contributed by atoms with E-state index in [0.717, 1.165) is 36.5 Å². The highest BCUT2D eigenvalue weighted by molar-refractivity contribution is 9.10. The number of piperidine rings is 2. The summed E-state index contributed by atoms with van der Waals surface area (Å²) in [4.78, 5) is 16.3. The lowest BCUT2D eigenvalue weighted by Gasteiger charge is -2.27. The summed E-state index contributed by atoms with van der Waals surface area (Å²) < 4.78 is 21.6. The number of rotatable bonds is 12. The van der Waals surface area contributed by atoms with Gasteiger partial charge in [0.05, 0.1) is 10.0 Å². The molecular formula is C32H47BrCl2N8O4. The molecule has 0 saturated carbocycles. The van der Waals surface area contributed by atoms with E-state index in [4.69, 9.17) is 48.6 Å². The van der Waals surface area contributed by atoms with Crippen molar-refractivity contribution < 1.29 is 18.9 Å². The first-order valence-corrected chi connectivity index (χ1v) is 17.6. The highest BCUT2D eigenvalue weighted by Crippen LogP contribution is 2.22. The molecule has 4 rings (SSSR count). The average molecular weight is 759 g/mol. The number of aromatic nitrogens is 4. The zero-order chi connectivity index (χ0) is 34.3. The molecule has 2 N–H and O–H groups in total. The van der Waals surface area contributed by atoms with Crippen LogP contribution in [0.2, 0.25) is 10.6 Å². The molecule has 12 nitrogen and oxygen atoms in total. The Labute approximate surface area is 298 Å². The smallest absolute Gasteiger partial charge is 0.224 e. The van der Waals surface area contributed by atoms with E-state index in [-0.39, 0.29) is 10.6 Å². The molecule has 15 heteroatoms. The van der Waals surface area contributed by atoms with Crippen molar-refractivity contribution in [1.29, 1.82) is 0 Å². The molecule has 4 heterocycles. The fourth-order valence-corrected chi connectivity index (χ4v) is 4.84. The van der Waals surface area contributed by atoms with Gasteiger partial charge in [-0.25, -0.2) is 20.0 Å². The largest absolute Gasteiger partial charge is 0.342 e. The summed E-state index contributed by atoms with van der Waals surface area (Å²) in [5, 5.41) is 4.75. The minimum atomic E-state index is -0.552. The van der Waals surface area contributed by atoms with Crippen LogP contribution in [0.1, 0.15) is 71.8 Å². The topological polar surface area (TPSA) is 119 Å². The third-order valence-corrected chi connectivity index (χ3v) is 7.39. The van der Waals surface area contributed by atoms with Gasteiger partial charge in [-0.05, 0) is 104 Å². The zero-order valence-corrected chi connectivity index (χ0v) is 30.8. The molecule has 2 aliphatic heterocycles. The Bertz CT molecular complexity index is 1260. The van der Waals surface area contributed by atoms with E-state index in [1.807, 2.05) is 27.7 Å². The molecule has 0 amide bonds. The monoisotopic (exact) mass is 756 g/mol. The third kappa shape index (κ3) is 17.1. The lowest BCUT2D eigenvalue weighted by molar-refractivity contribution is -0.0972. The van der Waals surface area contributed by atoms with E-state index < -0.39 is 12.6 Å². The van der Waals surface area contributed by atoms with Crippen LogP contribution >= 0.6 is 39.1 Å². The Morgan fingerprint density at radius 3 is 1.68 bits per heavy atom. The molecule has 2 aromatic rings.